The van der Waals surface area contributed by atoms with Crippen LogP contribution in [-0.2, 0) is 4.74 Å². The first-order valence-electron chi connectivity index (χ1n) is 4.67. The van der Waals surface area contributed by atoms with Crippen molar-refractivity contribution in [2.45, 2.75) is 6.92 Å². The average molecular weight is 221 g/mol. The molecular weight excluding hydrogens is 210 g/mol. The van der Waals surface area contributed by atoms with Gasteiger partial charge in [0, 0.05) is 10.4 Å². The maximum Gasteiger partial charge on any atom is 0.348 e. The van der Waals surface area contributed by atoms with E-state index in [0.29, 0.717) is 17.2 Å². The predicted octanol–water partition coefficient (Wildman–Crippen LogP) is 2.66. The molecule has 0 spiro atoms. The number of esters is 1. The van der Waals surface area contributed by atoms with Crippen LogP contribution in [0, 0.1) is 0 Å². The van der Waals surface area contributed by atoms with Crippen molar-refractivity contribution in [2.24, 2.45) is 0 Å². The zero-order chi connectivity index (χ0) is 10.8. The first-order valence-corrected chi connectivity index (χ1v) is 5.48. The van der Waals surface area contributed by atoms with Crippen molar-refractivity contribution in [3.8, 4) is 0 Å². The summed E-state index contributed by atoms with van der Waals surface area (Å²) in [7, 11) is 0. The van der Waals surface area contributed by atoms with Crippen LogP contribution in [0.3, 0.4) is 0 Å². The zero-order valence-electron chi connectivity index (χ0n) is 8.32. The second-order valence-corrected chi connectivity index (χ2v) is 4.21. The molecule has 0 aliphatic carbocycles. The van der Waals surface area contributed by atoms with Crippen LogP contribution in [0.1, 0.15) is 16.6 Å². The van der Waals surface area contributed by atoms with E-state index in [1.807, 2.05) is 24.3 Å². The monoisotopic (exact) mass is 221 g/mol. The van der Waals surface area contributed by atoms with E-state index in [2.05, 4.69) is 0 Å². The molecule has 2 aromatic rings. The van der Waals surface area contributed by atoms with Crippen molar-refractivity contribution in [2.75, 3.05) is 12.3 Å². The van der Waals surface area contributed by atoms with Crippen LogP contribution in [0.15, 0.2) is 24.3 Å². The van der Waals surface area contributed by atoms with Crippen molar-refractivity contribution in [1.29, 1.82) is 0 Å². The number of ether oxygens (including phenoxy) is 1. The second kappa shape index (κ2) is 3.90. The number of nitrogens with two attached hydrogens (primary N) is 1. The Kier molecular flexibility index (Phi) is 2.60. The fraction of sp³-hybridized carbons (Fsp3) is 0.182. The van der Waals surface area contributed by atoms with Crippen LogP contribution >= 0.6 is 11.3 Å². The Morgan fingerprint density at radius 2 is 2.27 bits per heavy atom. The van der Waals surface area contributed by atoms with Gasteiger partial charge in [-0.3, -0.25) is 0 Å². The van der Waals surface area contributed by atoms with Crippen LogP contribution in [0.2, 0.25) is 0 Å². The average Bonchev–Trinajstić information content (AvgIpc) is 2.60. The number of anilines is 1. The first-order chi connectivity index (χ1) is 7.20. The van der Waals surface area contributed by atoms with Gasteiger partial charge in [-0.15, -0.1) is 11.3 Å². The third-order valence-corrected chi connectivity index (χ3v) is 3.11. The molecular formula is C11H11NO2S. The number of fused-ring (bicyclic) bond motifs is 1. The smallest absolute Gasteiger partial charge is 0.348 e. The lowest BCUT2D eigenvalue weighted by atomic mass is 10.2. The summed E-state index contributed by atoms with van der Waals surface area (Å²) >= 11 is 1.42. The molecule has 2 N–H and O–H groups in total. The van der Waals surface area contributed by atoms with Gasteiger partial charge in [-0.05, 0) is 36.6 Å². The summed E-state index contributed by atoms with van der Waals surface area (Å²) in [5, 5.41) is 0.989. The second-order valence-electron chi connectivity index (χ2n) is 3.13. The van der Waals surface area contributed by atoms with Gasteiger partial charge < -0.3 is 10.5 Å². The number of carbonyl (C=O) groups excluding carboxylic acids is 1. The quantitative estimate of drug-likeness (QED) is 0.626. The Morgan fingerprint density at radius 1 is 1.47 bits per heavy atom. The highest BCUT2D eigenvalue weighted by Gasteiger charge is 2.10. The fourth-order valence-corrected chi connectivity index (χ4v) is 2.30. The molecule has 0 aliphatic rings. The molecule has 2 rings (SSSR count). The highest BCUT2D eigenvalue weighted by molar-refractivity contribution is 7.20. The minimum atomic E-state index is -0.266. The van der Waals surface area contributed by atoms with Crippen molar-refractivity contribution in [3.63, 3.8) is 0 Å². The van der Waals surface area contributed by atoms with E-state index in [0.717, 1.165) is 10.1 Å². The van der Waals surface area contributed by atoms with E-state index in [9.17, 15) is 4.79 Å². The molecule has 0 amide bonds. The van der Waals surface area contributed by atoms with Crippen LogP contribution in [0.25, 0.3) is 10.1 Å². The number of nitrogen functional groups attached to an aromatic ring is 1. The molecule has 0 saturated carbocycles. The molecule has 0 fully saturated rings. The summed E-state index contributed by atoms with van der Waals surface area (Å²) in [6, 6.07) is 7.41. The molecule has 0 radical (unpaired) electrons. The summed E-state index contributed by atoms with van der Waals surface area (Å²) < 4.78 is 5.98. The number of thiophene rings is 1. The van der Waals surface area contributed by atoms with Crippen LogP contribution in [-0.4, -0.2) is 12.6 Å². The van der Waals surface area contributed by atoms with Crippen LogP contribution < -0.4 is 5.73 Å². The molecule has 1 aromatic heterocycles. The largest absolute Gasteiger partial charge is 0.462 e. The Bertz CT molecular complexity index is 504. The number of carbonyl (C=O) groups is 1. The van der Waals surface area contributed by atoms with Crippen LogP contribution in [0.4, 0.5) is 5.69 Å². The van der Waals surface area contributed by atoms with Gasteiger partial charge in [-0.1, -0.05) is 0 Å². The molecule has 1 aromatic carbocycles. The molecule has 3 nitrogen and oxygen atoms in total. The maximum absolute atomic E-state index is 11.5. The lowest BCUT2D eigenvalue weighted by Gasteiger charge is -1.95. The van der Waals surface area contributed by atoms with Crippen molar-refractivity contribution >= 4 is 33.1 Å². The molecule has 4 heteroatoms. The van der Waals surface area contributed by atoms with Gasteiger partial charge in [-0.2, -0.15) is 0 Å². The molecule has 0 aliphatic heterocycles. The topological polar surface area (TPSA) is 52.3 Å². The first kappa shape index (κ1) is 9.98. The molecule has 0 unspecified atom stereocenters. The number of benzene rings is 1. The summed E-state index contributed by atoms with van der Waals surface area (Å²) in [6.07, 6.45) is 0. The third kappa shape index (κ3) is 1.94. The molecule has 0 bridgehead atoms. The predicted molar refractivity (Wildman–Crippen MR) is 62.2 cm³/mol. The molecule has 78 valence electrons. The van der Waals surface area contributed by atoms with Crippen LogP contribution in [0.5, 0.6) is 0 Å². The number of hydrogen-bond acceptors (Lipinski definition) is 4. The highest BCUT2D eigenvalue weighted by atomic mass is 32.1. The van der Waals surface area contributed by atoms with Crippen molar-refractivity contribution in [1.82, 2.24) is 0 Å². The highest BCUT2D eigenvalue weighted by Crippen LogP contribution is 2.27. The van der Waals surface area contributed by atoms with Gasteiger partial charge in [0.1, 0.15) is 4.88 Å². The van der Waals surface area contributed by atoms with E-state index >= 15 is 0 Å². The minimum absolute atomic E-state index is 0.266. The number of hydrogen-bond donors (Lipinski definition) is 1. The van der Waals surface area contributed by atoms with Gasteiger partial charge in [-0.25, -0.2) is 4.79 Å². The summed E-state index contributed by atoms with van der Waals surface area (Å²) in [5.41, 5.74) is 6.36. The van der Waals surface area contributed by atoms with Crippen molar-refractivity contribution < 1.29 is 9.53 Å². The fourth-order valence-electron chi connectivity index (χ4n) is 1.36. The number of rotatable bonds is 2. The van der Waals surface area contributed by atoms with E-state index in [1.165, 1.54) is 11.3 Å². The van der Waals surface area contributed by atoms with Gasteiger partial charge >= 0.3 is 5.97 Å². The summed E-state index contributed by atoms with van der Waals surface area (Å²) in [4.78, 5) is 12.1. The Hall–Kier alpha value is -1.55. The molecule has 1 heterocycles. The summed E-state index contributed by atoms with van der Waals surface area (Å²) in [6.45, 7) is 2.19. The van der Waals surface area contributed by atoms with E-state index in [-0.39, 0.29) is 5.97 Å². The standard InChI is InChI=1S/C11H11NO2S/c1-2-14-11(13)10-6-7-5-8(12)3-4-9(7)15-10/h3-6H,2,12H2,1H3. The Labute approximate surface area is 91.5 Å². The van der Waals surface area contributed by atoms with Gasteiger partial charge in [0.2, 0.25) is 0 Å². The summed E-state index contributed by atoms with van der Waals surface area (Å²) in [5.74, 6) is -0.266. The maximum atomic E-state index is 11.5. The Balaban J connectivity index is 2.42. The Morgan fingerprint density at radius 3 is 3.00 bits per heavy atom. The SMILES string of the molecule is CCOC(=O)c1cc2cc(N)ccc2s1. The lowest BCUT2D eigenvalue weighted by molar-refractivity contribution is 0.0532. The molecule has 15 heavy (non-hydrogen) atoms. The van der Waals surface area contributed by atoms with Gasteiger partial charge in [0.15, 0.2) is 0 Å². The molecule has 0 saturated heterocycles. The van der Waals surface area contributed by atoms with E-state index in [4.69, 9.17) is 10.5 Å². The lowest BCUT2D eigenvalue weighted by Crippen LogP contribution is -2.01. The normalized spacial score (nSPS) is 10.5. The van der Waals surface area contributed by atoms with E-state index < -0.39 is 0 Å². The van der Waals surface area contributed by atoms with Crippen molar-refractivity contribution in [3.05, 3.63) is 29.1 Å². The minimum Gasteiger partial charge on any atom is -0.462 e. The third-order valence-electron chi connectivity index (χ3n) is 2.02. The molecule has 0 atom stereocenters. The van der Waals surface area contributed by atoms with Gasteiger partial charge in [0.05, 0.1) is 6.61 Å². The van der Waals surface area contributed by atoms with Gasteiger partial charge in [0.25, 0.3) is 0 Å². The van der Waals surface area contributed by atoms with E-state index in [1.54, 1.807) is 6.92 Å². The zero-order valence-corrected chi connectivity index (χ0v) is 9.14.